The Morgan fingerprint density at radius 3 is 2.48 bits per heavy atom. The largest absolute Gasteiger partial charge is 0.338 e. The molecule has 1 aliphatic heterocycles. The Morgan fingerprint density at radius 1 is 1.00 bits per heavy atom. The summed E-state index contributed by atoms with van der Waals surface area (Å²) in [6.45, 7) is 2.11. The van der Waals surface area contributed by atoms with Gasteiger partial charge in [0.15, 0.2) is 0 Å². The van der Waals surface area contributed by atoms with Gasteiger partial charge in [-0.05, 0) is 29.1 Å². The van der Waals surface area contributed by atoms with Crippen LogP contribution in [0.25, 0.3) is 21.3 Å². The molecule has 10 heteroatoms. The number of carbonyl (C=O) groups excluding carboxylic acids is 2. The first-order chi connectivity index (χ1) is 16.1. The van der Waals surface area contributed by atoms with Crippen molar-refractivity contribution < 1.29 is 14.0 Å². The number of amides is 2. The molecule has 0 unspecified atom stereocenters. The molecule has 4 heterocycles. The van der Waals surface area contributed by atoms with Crippen molar-refractivity contribution >= 4 is 56.5 Å². The molecular weight excluding hydrogens is 479 g/mol. The lowest BCUT2D eigenvalue weighted by molar-refractivity contribution is -0.129. The van der Waals surface area contributed by atoms with Gasteiger partial charge < -0.3 is 9.80 Å². The van der Waals surface area contributed by atoms with E-state index in [0.717, 1.165) is 31.2 Å². The minimum Gasteiger partial charge on any atom is -0.338 e. The number of hydrogen-bond donors (Lipinski definition) is 0. The fraction of sp³-hybridized carbons (Fsp3) is 0.217. The number of rotatable bonds is 5. The van der Waals surface area contributed by atoms with Gasteiger partial charge in [0.05, 0.1) is 16.0 Å². The predicted octanol–water partition coefficient (Wildman–Crippen LogP) is 4.64. The summed E-state index contributed by atoms with van der Waals surface area (Å²) in [7, 11) is 0. The van der Waals surface area contributed by atoms with Crippen molar-refractivity contribution in [2.45, 2.75) is 5.03 Å². The Balaban J connectivity index is 1.25. The number of benzene rings is 1. The molecule has 2 amide bonds. The molecule has 1 aromatic carbocycles. The predicted molar refractivity (Wildman–Crippen MR) is 130 cm³/mol. The molecule has 33 heavy (non-hydrogen) atoms. The maximum absolute atomic E-state index is 13.4. The van der Waals surface area contributed by atoms with Crippen LogP contribution in [0, 0.1) is 5.82 Å². The van der Waals surface area contributed by atoms with E-state index in [1.54, 1.807) is 21.9 Å². The lowest BCUT2D eigenvalue weighted by atomic mass is 10.1. The summed E-state index contributed by atoms with van der Waals surface area (Å²) in [5, 5.41) is 5.50. The van der Waals surface area contributed by atoms with Crippen LogP contribution in [0.3, 0.4) is 0 Å². The molecule has 6 nitrogen and oxygen atoms in total. The van der Waals surface area contributed by atoms with Crippen LogP contribution >= 0.6 is 34.4 Å². The van der Waals surface area contributed by atoms with Gasteiger partial charge in [-0.1, -0.05) is 30.0 Å². The highest BCUT2D eigenvalue weighted by molar-refractivity contribution is 8.00. The van der Waals surface area contributed by atoms with Crippen LogP contribution in [0.2, 0.25) is 0 Å². The molecule has 1 saturated heterocycles. The van der Waals surface area contributed by atoms with Crippen molar-refractivity contribution in [1.29, 1.82) is 0 Å². The molecule has 0 N–H and O–H groups in total. The average molecular weight is 499 g/mol. The molecule has 0 radical (unpaired) electrons. The third-order valence-corrected chi connectivity index (χ3v) is 8.19. The lowest BCUT2D eigenvalue weighted by Crippen LogP contribution is -2.51. The number of aromatic nitrogens is 2. The Hall–Kier alpha value is -2.82. The van der Waals surface area contributed by atoms with E-state index >= 15 is 0 Å². The van der Waals surface area contributed by atoms with Gasteiger partial charge in [0.2, 0.25) is 5.91 Å². The molecule has 0 spiro atoms. The van der Waals surface area contributed by atoms with Crippen LogP contribution in [0.1, 0.15) is 9.67 Å². The standard InChI is InChI=1S/C23H19FN4O2S3/c24-16-5-3-15(4-6-16)17-12-32-21-20(17)22(26-14-25-21)33-13-19(29)27-7-9-28(10-8-27)23(30)18-2-1-11-31-18/h1-6,11-12,14H,7-10,13H2. The number of halogens is 1. The fourth-order valence-electron chi connectivity index (χ4n) is 3.74. The maximum Gasteiger partial charge on any atom is 0.264 e. The topological polar surface area (TPSA) is 66.4 Å². The number of hydrogen-bond acceptors (Lipinski definition) is 7. The summed E-state index contributed by atoms with van der Waals surface area (Å²) in [5.74, 6) is 0.0186. The molecule has 1 aliphatic rings. The van der Waals surface area contributed by atoms with Gasteiger partial charge in [0, 0.05) is 37.1 Å². The van der Waals surface area contributed by atoms with E-state index in [4.69, 9.17) is 0 Å². The van der Waals surface area contributed by atoms with Gasteiger partial charge in [0.25, 0.3) is 5.91 Å². The normalized spacial score (nSPS) is 14.1. The van der Waals surface area contributed by atoms with Crippen molar-refractivity contribution in [3.8, 4) is 11.1 Å². The Kier molecular flexibility index (Phi) is 6.39. The second-order valence-electron chi connectivity index (χ2n) is 7.45. The van der Waals surface area contributed by atoms with Crippen LogP contribution in [-0.2, 0) is 4.79 Å². The number of thiophene rings is 2. The molecule has 5 rings (SSSR count). The summed E-state index contributed by atoms with van der Waals surface area (Å²) in [6.07, 6.45) is 1.51. The summed E-state index contributed by atoms with van der Waals surface area (Å²) >= 11 is 4.32. The number of piperazine rings is 1. The Morgan fingerprint density at radius 2 is 1.76 bits per heavy atom. The van der Waals surface area contributed by atoms with Gasteiger partial charge in [0.1, 0.15) is 22.0 Å². The van der Waals surface area contributed by atoms with Gasteiger partial charge >= 0.3 is 0 Å². The average Bonchev–Trinajstić information content (AvgIpc) is 3.53. The van der Waals surface area contributed by atoms with E-state index in [2.05, 4.69) is 9.97 Å². The first-order valence-corrected chi connectivity index (χ1v) is 13.1. The quantitative estimate of drug-likeness (QED) is 0.296. The first kappa shape index (κ1) is 22.0. The molecule has 0 aliphatic carbocycles. The minimum absolute atomic E-state index is 0.0218. The number of carbonyl (C=O) groups is 2. The number of nitrogens with zero attached hydrogens (tertiary/aromatic N) is 4. The van der Waals surface area contributed by atoms with E-state index in [-0.39, 0.29) is 23.4 Å². The van der Waals surface area contributed by atoms with E-state index in [0.29, 0.717) is 26.2 Å². The molecule has 3 aromatic heterocycles. The van der Waals surface area contributed by atoms with Crippen LogP contribution in [0.15, 0.2) is 58.5 Å². The molecular formula is C23H19FN4O2S3. The number of fused-ring (bicyclic) bond motifs is 1. The van der Waals surface area contributed by atoms with Crippen molar-refractivity contribution in [3.05, 3.63) is 64.2 Å². The zero-order chi connectivity index (χ0) is 22.8. The Labute approximate surface area is 202 Å². The fourth-order valence-corrected chi connectivity index (χ4v) is 6.32. The summed E-state index contributed by atoms with van der Waals surface area (Å²) in [6, 6.07) is 10.0. The van der Waals surface area contributed by atoms with Crippen molar-refractivity contribution in [1.82, 2.24) is 19.8 Å². The third-order valence-electron chi connectivity index (χ3n) is 5.47. The van der Waals surface area contributed by atoms with Crippen LogP contribution in [-0.4, -0.2) is 63.5 Å². The van der Waals surface area contributed by atoms with Gasteiger partial charge in [-0.25, -0.2) is 14.4 Å². The van der Waals surface area contributed by atoms with Gasteiger partial charge in [-0.2, -0.15) is 0 Å². The molecule has 168 valence electrons. The minimum atomic E-state index is -0.285. The van der Waals surface area contributed by atoms with Crippen molar-refractivity contribution in [2.75, 3.05) is 31.9 Å². The van der Waals surface area contributed by atoms with E-state index in [9.17, 15) is 14.0 Å². The molecule has 0 atom stereocenters. The lowest BCUT2D eigenvalue weighted by Gasteiger charge is -2.34. The zero-order valence-electron chi connectivity index (χ0n) is 17.4. The molecule has 0 saturated carbocycles. The smallest absolute Gasteiger partial charge is 0.264 e. The Bertz CT molecular complexity index is 1280. The van der Waals surface area contributed by atoms with Gasteiger partial charge in [-0.15, -0.1) is 22.7 Å². The highest BCUT2D eigenvalue weighted by Gasteiger charge is 2.25. The number of thioether (sulfide) groups is 1. The summed E-state index contributed by atoms with van der Waals surface area (Å²) in [5.41, 5.74) is 1.82. The zero-order valence-corrected chi connectivity index (χ0v) is 19.9. The highest BCUT2D eigenvalue weighted by atomic mass is 32.2. The second-order valence-corrected chi connectivity index (χ2v) is 10.2. The van der Waals surface area contributed by atoms with E-state index < -0.39 is 0 Å². The van der Waals surface area contributed by atoms with E-state index in [1.165, 1.54) is 52.9 Å². The highest BCUT2D eigenvalue weighted by Crippen LogP contribution is 2.37. The molecule has 4 aromatic rings. The first-order valence-electron chi connectivity index (χ1n) is 10.3. The maximum atomic E-state index is 13.4. The SMILES string of the molecule is O=C(CSc1ncnc2scc(-c3ccc(F)cc3)c12)N1CCN(C(=O)c2cccs2)CC1. The molecule has 1 fully saturated rings. The second kappa shape index (κ2) is 9.58. The van der Waals surface area contributed by atoms with Crippen LogP contribution in [0.4, 0.5) is 4.39 Å². The van der Waals surface area contributed by atoms with Gasteiger partial charge in [-0.3, -0.25) is 9.59 Å². The van der Waals surface area contributed by atoms with Crippen LogP contribution < -0.4 is 0 Å². The third kappa shape index (κ3) is 4.64. The monoisotopic (exact) mass is 498 g/mol. The van der Waals surface area contributed by atoms with Crippen molar-refractivity contribution in [3.63, 3.8) is 0 Å². The summed E-state index contributed by atoms with van der Waals surface area (Å²) in [4.78, 5) is 39.3. The van der Waals surface area contributed by atoms with E-state index in [1.807, 2.05) is 22.9 Å². The van der Waals surface area contributed by atoms with Crippen molar-refractivity contribution in [2.24, 2.45) is 0 Å². The summed E-state index contributed by atoms with van der Waals surface area (Å²) < 4.78 is 13.4. The molecule has 0 bridgehead atoms. The van der Waals surface area contributed by atoms with Crippen LogP contribution in [0.5, 0.6) is 0 Å².